The van der Waals surface area contributed by atoms with Gasteiger partial charge in [0.1, 0.15) is 17.5 Å². The average molecular weight is 418 g/mol. The van der Waals surface area contributed by atoms with Crippen molar-refractivity contribution in [2.75, 3.05) is 20.2 Å². The second kappa shape index (κ2) is 9.80. The number of aliphatic hydroxyl groups is 1. The molecule has 5 rings (SSSR count). The van der Waals surface area contributed by atoms with Crippen molar-refractivity contribution in [2.45, 2.75) is 25.7 Å². The number of aromatic amines is 1. The number of nitrogens with one attached hydrogen (secondary N) is 1. The van der Waals surface area contributed by atoms with Gasteiger partial charge in [-0.3, -0.25) is 4.79 Å². The third-order valence-electron chi connectivity index (χ3n) is 5.42. The van der Waals surface area contributed by atoms with E-state index in [1.54, 1.807) is 18.2 Å². The zero-order chi connectivity index (χ0) is 21.7. The van der Waals surface area contributed by atoms with E-state index in [9.17, 15) is 18.0 Å². The minimum atomic E-state index is -0.640. The molecule has 1 saturated heterocycles. The smallest absolute Gasteiger partial charge is 0.225 e. The molecule has 2 N–H and O–H groups in total. The van der Waals surface area contributed by atoms with Crippen LogP contribution < -0.4 is 0 Å². The molecule has 0 unspecified atom stereocenters. The molecular weight excluding hydrogens is 393 g/mol. The van der Waals surface area contributed by atoms with Crippen molar-refractivity contribution < 1.29 is 23.1 Å². The fourth-order valence-corrected chi connectivity index (χ4v) is 3.40. The molecule has 0 radical (unpaired) electrons. The van der Waals surface area contributed by atoms with Crippen molar-refractivity contribution in [2.24, 2.45) is 5.92 Å². The molecule has 1 aliphatic heterocycles. The molecule has 2 heterocycles. The number of likely N-dealkylation sites (tertiary alicyclic amines) is 1. The van der Waals surface area contributed by atoms with Gasteiger partial charge in [-0.05, 0) is 61.2 Å². The summed E-state index contributed by atoms with van der Waals surface area (Å²) in [6, 6.07) is 9.50. The molecule has 2 fully saturated rings. The Kier molecular flexibility index (Phi) is 7.15. The Labute approximate surface area is 173 Å². The number of halogens is 3. The number of aromatic nitrogens is 1. The summed E-state index contributed by atoms with van der Waals surface area (Å²) in [5.41, 5.74) is 1.58. The minimum Gasteiger partial charge on any atom is -0.400 e. The van der Waals surface area contributed by atoms with Gasteiger partial charge in [-0.2, -0.15) is 0 Å². The van der Waals surface area contributed by atoms with Gasteiger partial charge in [0.2, 0.25) is 5.91 Å². The number of carbonyl (C=O) groups excluding carboxylic acids is 1. The number of amides is 1. The van der Waals surface area contributed by atoms with Gasteiger partial charge in [0, 0.05) is 43.3 Å². The lowest BCUT2D eigenvalue weighted by atomic mass is 9.84. The number of benzene rings is 2. The fourth-order valence-electron chi connectivity index (χ4n) is 3.40. The molecule has 160 valence electrons. The summed E-state index contributed by atoms with van der Waals surface area (Å²) in [6.07, 6.45) is 4.79. The number of aliphatic hydroxyl groups excluding tert-OH is 1. The maximum Gasteiger partial charge on any atom is 0.225 e. The Balaban J connectivity index is 0.000000180. The summed E-state index contributed by atoms with van der Waals surface area (Å²) in [7, 11) is 1.00. The quantitative estimate of drug-likeness (QED) is 0.623. The second-order valence-corrected chi connectivity index (χ2v) is 7.35. The van der Waals surface area contributed by atoms with Crippen molar-refractivity contribution in [1.82, 2.24) is 9.88 Å². The van der Waals surface area contributed by atoms with Crippen molar-refractivity contribution in [3.63, 3.8) is 0 Å². The number of carbonyl (C=O) groups is 1. The fraction of sp³-hybridized carbons (Fsp3) is 0.348. The molecule has 0 atom stereocenters. The van der Waals surface area contributed by atoms with E-state index in [2.05, 4.69) is 4.98 Å². The zero-order valence-electron chi connectivity index (χ0n) is 16.8. The first-order valence-electron chi connectivity index (χ1n) is 9.98. The Morgan fingerprint density at radius 2 is 1.63 bits per heavy atom. The maximum atomic E-state index is 13.5. The molecule has 1 aliphatic carbocycles. The van der Waals surface area contributed by atoms with Crippen LogP contribution in [0.5, 0.6) is 0 Å². The van der Waals surface area contributed by atoms with Crippen LogP contribution in [-0.4, -0.2) is 41.1 Å². The number of H-pyrrole nitrogens is 1. The number of fused-ring (bicyclic) bond motifs is 1. The number of nitrogens with zero attached hydrogens (tertiary/aromatic N) is 1. The van der Waals surface area contributed by atoms with Gasteiger partial charge in [-0.15, -0.1) is 0 Å². The lowest BCUT2D eigenvalue weighted by molar-refractivity contribution is -0.141. The summed E-state index contributed by atoms with van der Waals surface area (Å²) in [5.74, 6) is -0.757. The third-order valence-corrected chi connectivity index (χ3v) is 5.42. The van der Waals surface area contributed by atoms with E-state index in [4.69, 9.17) is 5.11 Å². The van der Waals surface area contributed by atoms with Gasteiger partial charge >= 0.3 is 0 Å². The van der Waals surface area contributed by atoms with Crippen molar-refractivity contribution in [3.8, 4) is 11.3 Å². The highest BCUT2D eigenvalue weighted by atomic mass is 19.1. The Hall–Kier alpha value is -2.80. The highest BCUT2D eigenvalue weighted by Gasteiger charge is 2.31. The van der Waals surface area contributed by atoms with E-state index in [-0.39, 0.29) is 11.3 Å². The van der Waals surface area contributed by atoms with Crippen molar-refractivity contribution in [1.29, 1.82) is 0 Å². The zero-order valence-corrected chi connectivity index (χ0v) is 16.8. The van der Waals surface area contributed by atoms with Crippen molar-refractivity contribution in [3.05, 3.63) is 59.9 Å². The van der Waals surface area contributed by atoms with Gasteiger partial charge in [0.25, 0.3) is 0 Å². The lowest BCUT2D eigenvalue weighted by Gasteiger charge is -2.36. The van der Waals surface area contributed by atoms with Crippen LogP contribution in [-0.2, 0) is 4.79 Å². The number of rotatable bonds is 2. The topological polar surface area (TPSA) is 56.3 Å². The number of hydrogen-bond donors (Lipinski definition) is 2. The molecule has 7 heteroatoms. The molecule has 4 nitrogen and oxygen atoms in total. The Morgan fingerprint density at radius 1 is 0.967 bits per heavy atom. The van der Waals surface area contributed by atoms with E-state index in [0.29, 0.717) is 28.5 Å². The van der Waals surface area contributed by atoms with Crippen LogP contribution in [0.2, 0.25) is 0 Å². The van der Waals surface area contributed by atoms with E-state index >= 15 is 0 Å². The van der Waals surface area contributed by atoms with Crippen LogP contribution in [0, 0.1) is 23.4 Å². The maximum absolute atomic E-state index is 13.5. The third kappa shape index (κ3) is 4.84. The predicted molar refractivity (Wildman–Crippen MR) is 110 cm³/mol. The van der Waals surface area contributed by atoms with Gasteiger partial charge in [-0.25, -0.2) is 13.2 Å². The first kappa shape index (κ1) is 21.9. The highest BCUT2D eigenvalue weighted by Crippen LogP contribution is 2.29. The molecule has 30 heavy (non-hydrogen) atoms. The molecule has 0 bridgehead atoms. The largest absolute Gasteiger partial charge is 0.400 e. The van der Waals surface area contributed by atoms with E-state index in [1.165, 1.54) is 31.0 Å². The summed E-state index contributed by atoms with van der Waals surface area (Å²) in [6.45, 7) is 2.05. The van der Waals surface area contributed by atoms with Gasteiger partial charge in [0.05, 0.1) is 5.52 Å². The monoisotopic (exact) mass is 418 g/mol. The normalized spacial score (nSPS) is 15.3. The molecule has 3 aromatic rings. The second-order valence-electron chi connectivity index (χ2n) is 7.35. The summed E-state index contributed by atoms with van der Waals surface area (Å²) in [4.78, 5) is 16.2. The SMILES string of the molecule is CO.Fc1ccc(-c2cc3cc(F)cc(F)c3[nH]2)cc1.O=C(C1CCC1)N1CCC1. The standard InChI is InChI=1S/C14H8F3N.C8H13NO.CH4O/c15-10-3-1-8(2-4-10)13-6-9-5-11(16)7-12(17)14(9)18-13;10-8(7-3-1-4-7)9-5-2-6-9;1-2/h1-7,18H;7H,1-6H2;2H,1H3. The lowest BCUT2D eigenvalue weighted by Crippen LogP contribution is -2.46. The summed E-state index contributed by atoms with van der Waals surface area (Å²) in [5, 5.41) is 7.45. The van der Waals surface area contributed by atoms with Gasteiger partial charge in [-0.1, -0.05) is 6.42 Å². The van der Waals surface area contributed by atoms with Crippen molar-refractivity contribution >= 4 is 16.8 Å². The van der Waals surface area contributed by atoms with Crippen LogP contribution in [0.25, 0.3) is 22.2 Å². The molecule has 2 aliphatic rings. The Morgan fingerprint density at radius 3 is 2.17 bits per heavy atom. The predicted octanol–water partition coefficient (Wildman–Crippen LogP) is 4.88. The molecular formula is C23H25F3N2O2. The summed E-state index contributed by atoms with van der Waals surface area (Å²) >= 11 is 0. The van der Waals surface area contributed by atoms with Crippen LogP contribution >= 0.6 is 0 Å². The summed E-state index contributed by atoms with van der Waals surface area (Å²) < 4.78 is 39.4. The first-order valence-corrected chi connectivity index (χ1v) is 9.98. The molecule has 0 spiro atoms. The van der Waals surface area contributed by atoms with E-state index in [0.717, 1.165) is 39.1 Å². The highest BCUT2D eigenvalue weighted by molar-refractivity contribution is 5.86. The Bertz CT molecular complexity index is 978. The molecule has 2 aromatic carbocycles. The van der Waals surface area contributed by atoms with E-state index < -0.39 is 11.6 Å². The van der Waals surface area contributed by atoms with Crippen LogP contribution in [0.15, 0.2) is 42.5 Å². The molecule has 1 saturated carbocycles. The van der Waals surface area contributed by atoms with Gasteiger partial charge in [0.15, 0.2) is 0 Å². The minimum absolute atomic E-state index is 0.246. The van der Waals surface area contributed by atoms with E-state index in [1.807, 2.05) is 4.90 Å². The number of hydrogen-bond acceptors (Lipinski definition) is 2. The molecule has 1 aromatic heterocycles. The van der Waals surface area contributed by atoms with Crippen LogP contribution in [0.1, 0.15) is 25.7 Å². The van der Waals surface area contributed by atoms with Crippen LogP contribution in [0.4, 0.5) is 13.2 Å². The first-order chi connectivity index (χ1) is 14.5. The molecule has 1 amide bonds. The van der Waals surface area contributed by atoms with Gasteiger partial charge < -0.3 is 15.0 Å². The average Bonchev–Trinajstić information content (AvgIpc) is 3.06. The van der Waals surface area contributed by atoms with Crippen LogP contribution in [0.3, 0.4) is 0 Å².